The minimum absolute atomic E-state index is 0.129. The van der Waals surface area contributed by atoms with Gasteiger partial charge in [0.05, 0.1) is 18.2 Å². The lowest BCUT2D eigenvalue weighted by molar-refractivity contribution is -0.357. The normalized spacial score (nSPS) is 31.1. The van der Waals surface area contributed by atoms with Gasteiger partial charge in [-0.1, -0.05) is 36.8 Å². The SMILES string of the molecule is N#Cc1ccc([C@]2(O)O[C@H](CO)[C@@H](O)[C@H](O)[C@H]2O)cc1Cc1ccc(C2CCC2)cc1. The monoisotopic (exact) mass is 425 g/mol. The molecule has 4 rings (SSSR count). The lowest BCUT2D eigenvalue weighted by Gasteiger charge is -2.45. The first-order valence-corrected chi connectivity index (χ1v) is 10.5. The highest BCUT2D eigenvalue weighted by Crippen LogP contribution is 2.38. The molecule has 0 radical (unpaired) electrons. The fourth-order valence-electron chi connectivity index (χ4n) is 4.33. The zero-order valence-electron chi connectivity index (χ0n) is 17.1. The summed E-state index contributed by atoms with van der Waals surface area (Å²) in [6.07, 6.45) is -2.24. The Morgan fingerprint density at radius 2 is 1.74 bits per heavy atom. The number of benzene rings is 2. The van der Waals surface area contributed by atoms with Crippen LogP contribution in [0.25, 0.3) is 0 Å². The van der Waals surface area contributed by atoms with Crippen LogP contribution >= 0.6 is 0 Å². The number of nitriles is 1. The Hall–Kier alpha value is -2.31. The minimum atomic E-state index is -2.34. The first-order valence-electron chi connectivity index (χ1n) is 10.5. The van der Waals surface area contributed by atoms with E-state index < -0.39 is 36.8 Å². The number of rotatable bonds is 5. The zero-order valence-corrected chi connectivity index (χ0v) is 17.1. The Labute approximate surface area is 180 Å². The smallest absolute Gasteiger partial charge is 0.222 e. The zero-order chi connectivity index (χ0) is 22.2. The van der Waals surface area contributed by atoms with Gasteiger partial charge < -0.3 is 30.3 Å². The predicted octanol–water partition coefficient (Wildman–Crippen LogP) is 1.04. The van der Waals surface area contributed by atoms with Crippen LogP contribution in [0.2, 0.25) is 0 Å². The van der Waals surface area contributed by atoms with Crippen LogP contribution in [-0.2, 0) is 16.9 Å². The van der Waals surface area contributed by atoms with Crippen molar-refractivity contribution >= 4 is 0 Å². The number of aliphatic hydroxyl groups is 5. The Morgan fingerprint density at radius 3 is 2.32 bits per heavy atom. The fourth-order valence-corrected chi connectivity index (χ4v) is 4.33. The first-order chi connectivity index (χ1) is 14.9. The lowest BCUT2D eigenvalue weighted by atomic mass is 9.80. The molecule has 1 heterocycles. The summed E-state index contributed by atoms with van der Waals surface area (Å²) in [5, 5.41) is 60.5. The van der Waals surface area contributed by atoms with Gasteiger partial charge in [-0.05, 0) is 54.0 Å². The second kappa shape index (κ2) is 8.67. The molecule has 0 aromatic heterocycles. The molecule has 1 saturated heterocycles. The molecule has 2 fully saturated rings. The van der Waals surface area contributed by atoms with Crippen LogP contribution in [0.3, 0.4) is 0 Å². The van der Waals surface area contributed by atoms with Gasteiger partial charge in [-0.15, -0.1) is 0 Å². The first kappa shape index (κ1) is 21.9. The van der Waals surface area contributed by atoms with Crippen molar-refractivity contribution in [2.24, 2.45) is 0 Å². The molecular weight excluding hydrogens is 398 g/mol. The highest BCUT2D eigenvalue weighted by atomic mass is 16.7. The van der Waals surface area contributed by atoms with E-state index in [1.54, 1.807) is 6.07 Å². The number of aliphatic hydroxyl groups excluding tert-OH is 4. The number of hydrogen-bond acceptors (Lipinski definition) is 7. The summed E-state index contributed by atoms with van der Waals surface area (Å²) < 4.78 is 5.41. The van der Waals surface area contributed by atoms with Gasteiger partial charge in [-0.25, -0.2) is 0 Å². The summed E-state index contributed by atoms with van der Waals surface area (Å²) in [7, 11) is 0. The standard InChI is InChI=1S/C24H27NO6/c25-12-17-8-9-19(24(30)23(29)22(28)21(27)20(13-26)31-24)11-18(17)10-14-4-6-16(7-5-14)15-2-1-3-15/h4-9,11,15,20-23,26-30H,1-3,10,13H2/t20-,21-,22+,23-,24+/m1/s1. The van der Waals surface area contributed by atoms with Gasteiger partial charge in [0.2, 0.25) is 5.79 Å². The molecule has 2 aromatic carbocycles. The Balaban J connectivity index is 1.63. The van der Waals surface area contributed by atoms with Crippen LogP contribution in [-0.4, -0.2) is 56.6 Å². The quantitative estimate of drug-likeness (QED) is 0.483. The summed E-state index contributed by atoms with van der Waals surface area (Å²) in [6.45, 7) is -0.649. The third kappa shape index (κ3) is 3.99. The third-order valence-corrected chi connectivity index (χ3v) is 6.56. The van der Waals surface area contributed by atoms with Crippen molar-refractivity contribution in [3.63, 3.8) is 0 Å². The van der Waals surface area contributed by atoms with Gasteiger partial charge in [-0.3, -0.25) is 0 Å². The molecule has 5 atom stereocenters. The minimum Gasteiger partial charge on any atom is -0.394 e. The van der Waals surface area contributed by atoms with Gasteiger partial charge >= 0.3 is 0 Å². The maximum atomic E-state index is 11.0. The molecule has 1 saturated carbocycles. The van der Waals surface area contributed by atoms with Crippen molar-refractivity contribution in [1.29, 1.82) is 5.26 Å². The summed E-state index contributed by atoms with van der Waals surface area (Å²) in [4.78, 5) is 0. The van der Waals surface area contributed by atoms with Crippen LogP contribution < -0.4 is 0 Å². The van der Waals surface area contributed by atoms with Crippen molar-refractivity contribution in [3.8, 4) is 6.07 Å². The van der Waals surface area contributed by atoms with E-state index in [4.69, 9.17) is 4.74 Å². The molecule has 7 nitrogen and oxygen atoms in total. The highest BCUT2D eigenvalue weighted by molar-refractivity contribution is 5.45. The summed E-state index contributed by atoms with van der Waals surface area (Å²) in [5.74, 6) is -1.71. The van der Waals surface area contributed by atoms with Gasteiger partial charge in [0.25, 0.3) is 0 Å². The maximum absolute atomic E-state index is 11.0. The summed E-state index contributed by atoms with van der Waals surface area (Å²) in [6, 6.07) is 14.9. The second-order valence-corrected chi connectivity index (χ2v) is 8.49. The molecule has 31 heavy (non-hydrogen) atoms. The van der Waals surface area contributed by atoms with Gasteiger partial charge in [-0.2, -0.15) is 5.26 Å². The molecule has 1 aliphatic heterocycles. The van der Waals surface area contributed by atoms with Gasteiger partial charge in [0.1, 0.15) is 24.4 Å². The van der Waals surface area contributed by atoms with E-state index in [9.17, 15) is 30.8 Å². The Bertz CT molecular complexity index is 965. The largest absolute Gasteiger partial charge is 0.394 e. The van der Waals surface area contributed by atoms with E-state index in [2.05, 4.69) is 18.2 Å². The van der Waals surface area contributed by atoms with E-state index in [0.717, 1.165) is 5.56 Å². The second-order valence-electron chi connectivity index (χ2n) is 8.49. The van der Waals surface area contributed by atoms with Crippen molar-refractivity contribution in [1.82, 2.24) is 0 Å². The van der Waals surface area contributed by atoms with E-state index in [1.807, 2.05) is 12.1 Å². The molecule has 1 aliphatic carbocycles. The number of ether oxygens (including phenoxy) is 1. The Morgan fingerprint density at radius 1 is 1.03 bits per heavy atom. The predicted molar refractivity (Wildman–Crippen MR) is 111 cm³/mol. The fraction of sp³-hybridized carbons (Fsp3) is 0.458. The molecule has 164 valence electrons. The van der Waals surface area contributed by atoms with E-state index in [-0.39, 0.29) is 5.56 Å². The van der Waals surface area contributed by atoms with Crippen LogP contribution in [0.4, 0.5) is 0 Å². The van der Waals surface area contributed by atoms with Crippen LogP contribution in [0, 0.1) is 11.3 Å². The maximum Gasteiger partial charge on any atom is 0.222 e. The molecule has 5 N–H and O–H groups in total. The molecular formula is C24H27NO6. The van der Waals surface area contributed by atoms with Crippen LogP contribution in [0.15, 0.2) is 42.5 Å². The van der Waals surface area contributed by atoms with Gasteiger partial charge in [0.15, 0.2) is 0 Å². The Kier molecular flexibility index (Phi) is 6.13. The van der Waals surface area contributed by atoms with Crippen molar-refractivity contribution in [2.75, 3.05) is 6.61 Å². The third-order valence-electron chi connectivity index (χ3n) is 6.56. The molecule has 2 aliphatic rings. The average Bonchev–Trinajstić information content (AvgIpc) is 2.75. The lowest BCUT2D eigenvalue weighted by Crippen LogP contribution is -2.63. The van der Waals surface area contributed by atoms with Crippen LogP contribution in [0.1, 0.15) is 53.0 Å². The van der Waals surface area contributed by atoms with Gasteiger partial charge in [0, 0.05) is 5.56 Å². The number of nitrogens with zero attached hydrogens (tertiary/aromatic N) is 1. The molecule has 7 heteroatoms. The van der Waals surface area contributed by atoms with E-state index >= 15 is 0 Å². The summed E-state index contributed by atoms with van der Waals surface area (Å²) >= 11 is 0. The summed E-state index contributed by atoms with van der Waals surface area (Å²) in [5.41, 5.74) is 3.49. The van der Waals surface area contributed by atoms with Crippen molar-refractivity contribution < 1.29 is 30.3 Å². The van der Waals surface area contributed by atoms with Crippen molar-refractivity contribution in [2.45, 2.75) is 61.8 Å². The molecule has 0 unspecified atom stereocenters. The number of hydrogen-bond donors (Lipinski definition) is 5. The molecule has 0 amide bonds. The van der Waals surface area contributed by atoms with E-state index in [0.29, 0.717) is 23.5 Å². The molecule has 2 aromatic rings. The molecule has 0 spiro atoms. The van der Waals surface area contributed by atoms with Crippen molar-refractivity contribution in [3.05, 3.63) is 70.3 Å². The highest BCUT2D eigenvalue weighted by Gasteiger charge is 2.53. The molecule has 0 bridgehead atoms. The van der Waals surface area contributed by atoms with E-state index in [1.165, 1.54) is 37.0 Å². The average molecular weight is 425 g/mol. The topological polar surface area (TPSA) is 134 Å². The van der Waals surface area contributed by atoms with Crippen LogP contribution in [0.5, 0.6) is 0 Å².